The van der Waals surface area contributed by atoms with E-state index in [1.54, 1.807) is 36.4 Å². The second kappa shape index (κ2) is 11.8. The Morgan fingerprint density at radius 1 is 1.15 bits per heavy atom. The first kappa shape index (κ1) is 28.7. The molecular formula is C27H30ClF2N3O5Si. The van der Waals surface area contributed by atoms with Crippen LogP contribution in [0.1, 0.15) is 11.4 Å². The number of carboxylic acids is 1. The van der Waals surface area contributed by atoms with E-state index in [1.165, 1.54) is 0 Å². The lowest BCUT2D eigenvalue weighted by Gasteiger charge is -2.17. The van der Waals surface area contributed by atoms with Crippen molar-refractivity contribution in [3.63, 3.8) is 0 Å². The molecule has 0 saturated heterocycles. The van der Waals surface area contributed by atoms with Crippen LogP contribution in [0.2, 0.25) is 30.7 Å². The van der Waals surface area contributed by atoms with Gasteiger partial charge in [-0.2, -0.15) is 5.10 Å². The molecule has 0 aliphatic carbocycles. The number of carbonyl (C=O) groups is 1. The predicted molar refractivity (Wildman–Crippen MR) is 149 cm³/mol. The number of nitrogens with zero attached hydrogens (tertiary/aromatic N) is 3. The van der Waals surface area contributed by atoms with Crippen molar-refractivity contribution in [1.82, 2.24) is 14.3 Å². The number of aliphatic carboxylic acids is 1. The van der Waals surface area contributed by atoms with E-state index in [-0.39, 0.29) is 23.9 Å². The number of carboxylic acid groups (broad SMARTS) is 1. The fourth-order valence-electron chi connectivity index (χ4n) is 4.26. The van der Waals surface area contributed by atoms with E-state index >= 15 is 0 Å². The van der Waals surface area contributed by atoms with Gasteiger partial charge in [-0.05, 0) is 24.2 Å². The Hall–Kier alpha value is -3.28. The summed E-state index contributed by atoms with van der Waals surface area (Å²) < 4.78 is 39.7. The smallest absolute Gasteiger partial charge is 0.325 e. The summed E-state index contributed by atoms with van der Waals surface area (Å²) in [5.74, 6) is -1.04. The van der Waals surface area contributed by atoms with Crippen LogP contribution in [-0.4, -0.2) is 53.1 Å². The van der Waals surface area contributed by atoms with Gasteiger partial charge in [-0.3, -0.25) is 9.59 Å². The van der Waals surface area contributed by atoms with Crippen molar-refractivity contribution in [2.75, 3.05) is 13.2 Å². The molecule has 4 rings (SSSR count). The summed E-state index contributed by atoms with van der Waals surface area (Å²) in [5, 5.41) is 15.6. The van der Waals surface area contributed by atoms with E-state index in [0.717, 1.165) is 21.8 Å². The summed E-state index contributed by atoms with van der Waals surface area (Å²) in [7, 11) is -1.33. The molecule has 2 aromatic heterocycles. The minimum absolute atomic E-state index is 0.135. The molecule has 0 aliphatic rings. The molecule has 208 valence electrons. The van der Waals surface area contributed by atoms with Crippen LogP contribution in [0.15, 0.2) is 47.3 Å². The van der Waals surface area contributed by atoms with Gasteiger partial charge in [-0.25, -0.2) is 13.5 Å². The van der Waals surface area contributed by atoms with Gasteiger partial charge in [0.15, 0.2) is 0 Å². The Balaban J connectivity index is 1.79. The Bertz CT molecular complexity index is 1570. The predicted octanol–water partition coefficient (Wildman–Crippen LogP) is 5.64. The number of fused-ring (bicyclic) bond motifs is 2. The molecular weight excluding hydrogens is 548 g/mol. The van der Waals surface area contributed by atoms with E-state index in [2.05, 4.69) is 24.7 Å². The van der Waals surface area contributed by atoms with Crippen LogP contribution in [0, 0.1) is 0 Å². The van der Waals surface area contributed by atoms with Crippen LogP contribution in [0.5, 0.6) is 5.75 Å². The standard InChI is InChI=1S/C27H30ClF2N3O5Si/c1-39(2,3)9-8-37-16-32-18(10-17-11-21(28)24(13-23(17)32)38-15-25(29)30)12-22-19-6-4-5-7-20(19)27(36)33(31-22)14-26(34)35/h4-7,10-11,13,25H,8-9,12,14-16H2,1-3H3,(H,34,35). The van der Waals surface area contributed by atoms with Gasteiger partial charge in [0.1, 0.15) is 25.6 Å². The second-order valence-electron chi connectivity index (χ2n) is 10.5. The number of halogens is 3. The van der Waals surface area contributed by atoms with E-state index in [4.69, 9.17) is 21.1 Å². The van der Waals surface area contributed by atoms with E-state index in [0.29, 0.717) is 28.6 Å². The first-order valence-electron chi connectivity index (χ1n) is 12.4. The Morgan fingerprint density at radius 3 is 2.54 bits per heavy atom. The molecule has 8 nitrogen and oxygen atoms in total. The topological polar surface area (TPSA) is 95.6 Å². The average molecular weight is 578 g/mol. The molecule has 39 heavy (non-hydrogen) atoms. The first-order chi connectivity index (χ1) is 18.4. The third-order valence-corrected chi connectivity index (χ3v) is 8.20. The molecule has 4 aromatic rings. The van der Waals surface area contributed by atoms with Crippen molar-refractivity contribution in [2.45, 2.75) is 51.8 Å². The lowest BCUT2D eigenvalue weighted by Crippen LogP contribution is -2.28. The maximum Gasteiger partial charge on any atom is 0.325 e. The monoisotopic (exact) mass is 577 g/mol. The van der Waals surface area contributed by atoms with Crippen molar-refractivity contribution in [2.24, 2.45) is 0 Å². The van der Waals surface area contributed by atoms with E-state index in [1.807, 2.05) is 10.6 Å². The molecule has 0 radical (unpaired) electrons. The minimum Gasteiger partial charge on any atom is -0.486 e. The SMILES string of the molecule is C[Si](C)(C)CCOCn1c(Cc2nn(CC(=O)O)c(=O)c3ccccc23)cc2cc(Cl)c(OCC(F)F)cc21. The van der Waals surface area contributed by atoms with Crippen molar-refractivity contribution >= 4 is 47.3 Å². The lowest BCUT2D eigenvalue weighted by molar-refractivity contribution is -0.138. The molecule has 2 heterocycles. The van der Waals surface area contributed by atoms with Gasteiger partial charge in [-0.1, -0.05) is 49.4 Å². The maximum atomic E-state index is 12.8. The zero-order valence-electron chi connectivity index (χ0n) is 21.9. The van der Waals surface area contributed by atoms with Gasteiger partial charge < -0.3 is 19.1 Å². The van der Waals surface area contributed by atoms with E-state index < -0.39 is 39.2 Å². The Morgan fingerprint density at radius 2 is 1.87 bits per heavy atom. The highest BCUT2D eigenvalue weighted by molar-refractivity contribution is 6.76. The molecule has 0 atom stereocenters. The van der Waals surface area contributed by atoms with Crippen LogP contribution in [-0.2, 0) is 29.2 Å². The largest absolute Gasteiger partial charge is 0.486 e. The van der Waals surface area contributed by atoms with Crippen molar-refractivity contribution in [3.8, 4) is 5.75 Å². The highest BCUT2D eigenvalue weighted by atomic mass is 35.5. The highest BCUT2D eigenvalue weighted by Crippen LogP contribution is 2.33. The molecule has 0 saturated carbocycles. The van der Waals surface area contributed by atoms with Gasteiger partial charge in [0.05, 0.1) is 21.6 Å². The van der Waals surface area contributed by atoms with Crippen molar-refractivity contribution < 1.29 is 28.2 Å². The normalized spacial score (nSPS) is 12.1. The summed E-state index contributed by atoms with van der Waals surface area (Å²) >= 11 is 6.34. The number of hydrogen-bond acceptors (Lipinski definition) is 5. The van der Waals surface area contributed by atoms with Crippen LogP contribution in [0.4, 0.5) is 8.78 Å². The summed E-state index contributed by atoms with van der Waals surface area (Å²) in [6.45, 7) is 6.15. The summed E-state index contributed by atoms with van der Waals surface area (Å²) in [4.78, 5) is 24.2. The van der Waals surface area contributed by atoms with Gasteiger partial charge in [0, 0.05) is 43.6 Å². The molecule has 0 fully saturated rings. The number of alkyl halides is 2. The molecule has 0 unspecified atom stereocenters. The summed E-state index contributed by atoms with van der Waals surface area (Å²) in [5.41, 5.74) is 1.46. The summed E-state index contributed by atoms with van der Waals surface area (Å²) in [6, 6.07) is 13.0. The number of aromatic nitrogens is 3. The quantitative estimate of drug-likeness (QED) is 0.173. The molecule has 0 spiro atoms. The summed E-state index contributed by atoms with van der Waals surface area (Å²) in [6.07, 6.45) is -2.40. The van der Waals surface area contributed by atoms with Gasteiger partial charge in [0.25, 0.3) is 12.0 Å². The van der Waals surface area contributed by atoms with Crippen molar-refractivity contribution in [1.29, 1.82) is 0 Å². The van der Waals surface area contributed by atoms with Gasteiger partial charge >= 0.3 is 5.97 Å². The molecule has 0 bridgehead atoms. The fourth-order valence-corrected chi connectivity index (χ4v) is 5.24. The highest BCUT2D eigenvalue weighted by Gasteiger charge is 2.19. The molecule has 0 aliphatic heterocycles. The van der Waals surface area contributed by atoms with Crippen molar-refractivity contribution in [3.05, 3.63) is 69.2 Å². The number of rotatable bonds is 12. The molecule has 0 amide bonds. The Kier molecular flexibility index (Phi) is 8.72. The molecule has 2 aromatic carbocycles. The third-order valence-electron chi connectivity index (χ3n) is 6.20. The third kappa shape index (κ3) is 7.03. The average Bonchev–Trinajstić information content (AvgIpc) is 3.17. The van der Waals surface area contributed by atoms with Gasteiger partial charge in [-0.15, -0.1) is 0 Å². The van der Waals surface area contributed by atoms with Crippen LogP contribution < -0.4 is 10.3 Å². The van der Waals surface area contributed by atoms with Gasteiger partial charge in [0.2, 0.25) is 0 Å². The van der Waals surface area contributed by atoms with Crippen LogP contribution in [0.25, 0.3) is 21.7 Å². The van der Waals surface area contributed by atoms with Crippen LogP contribution >= 0.6 is 11.6 Å². The zero-order valence-corrected chi connectivity index (χ0v) is 23.7. The van der Waals surface area contributed by atoms with E-state index in [9.17, 15) is 23.5 Å². The van der Waals surface area contributed by atoms with Crippen LogP contribution in [0.3, 0.4) is 0 Å². The maximum absolute atomic E-state index is 12.8. The lowest BCUT2D eigenvalue weighted by atomic mass is 10.1. The number of benzene rings is 2. The minimum atomic E-state index is -2.65. The molecule has 12 heteroatoms. The fraction of sp³-hybridized carbons (Fsp3) is 0.370. The Labute approximate surface area is 229 Å². The number of ether oxygens (including phenoxy) is 2. The zero-order chi connectivity index (χ0) is 28.3. The first-order valence-corrected chi connectivity index (χ1v) is 16.5. The number of hydrogen-bond donors (Lipinski definition) is 1. The second-order valence-corrected chi connectivity index (χ2v) is 16.5. The molecule has 1 N–H and O–H groups in total.